The molecular formula is C13H12N2O2S. The third-order valence-corrected chi connectivity index (χ3v) is 3.46. The minimum Gasteiger partial charge on any atom is -0.265 e. The molecule has 0 bridgehead atoms. The van der Waals surface area contributed by atoms with E-state index in [0.29, 0.717) is 10.6 Å². The summed E-state index contributed by atoms with van der Waals surface area (Å²) in [5, 5.41) is 0. The van der Waals surface area contributed by atoms with Crippen LogP contribution in [-0.4, -0.2) is 25.9 Å². The first-order valence-corrected chi connectivity index (χ1v) is 7.19. The zero-order valence-corrected chi connectivity index (χ0v) is 10.6. The van der Waals surface area contributed by atoms with Gasteiger partial charge in [0.15, 0.2) is 9.84 Å². The van der Waals surface area contributed by atoms with Gasteiger partial charge < -0.3 is 0 Å². The van der Waals surface area contributed by atoms with Crippen LogP contribution in [0, 0.1) is 0 Å². The number of nitrogens with zero attached hydrogens (tertiary/aromatic N) is 2. The van der Waals surface area contributed by atoms with Crippen LogP contribution in [-0.2, 0) is 9.84 Å². The van der Waals surface area contributed by atoms with Crippen molar-refractivity contribution in [2.75, 3.05) is 6.26 Å². The van der Waals surface area contributed by atoms with Gasteiger partial charge in [-0.25, -0.2) is 8.42 Å². The lowest BCUT2D eigenvalue weighted by atomic mass is 10.3. The summed E-state index contributed by atoms with van der Waals surface area (Å²) >= 11 is 0. The highest BCUT2D eigenvalue weighted by Gasteiger charge is 2.05. The fourth-order valence-corrected chi connectivity index (χ4v) is 2.01. The van der Waals surface area contributed by atoms with E-state index in [9.17, 15) is 8.42 Å². The van der Waals surface area contributed by atoms with E-state index in [2.05, 4.69) is 9.98 Å². The smallest absolute Gasteiger partial charge is 0.175 e. The lowest BCUT2D eigenvalue weighted by Crippen LogP contribution is -1.95. The van der Waals surface area contributed by atoms with Crippen LogP contribution in [0.15, 0.2) is 58.7 Å². The fourth-order valence-electron chi connectivity index (χ4n) is 1.38. The van der Waals surface area contributed by atoms with Gasteiger partial charge in [0.25, 0.3) is 0 Å². The molecule has 18 heavy (non-hydrogen) atoms. The highest BCUT2D eigenvalue weighted by molar-refractivity contribution is 7.90. The van der Waals surface area contributed by atoms with Crippen molar-refractivity contribution < 1.29 is 8.42 Å². The second kappa shape index (κ2) is 5.10. The first-order valence-electron chi connectivity index (χ1n) is 5.30. The molecule has 5 heteroatoms. The van der Waals surface area contributed by atoms with Crippen LogP contribution in [0.1, 0.15) is 5.56 Å². The Morgan fingerprint density at radius 1 is 1.06 bits per heavy atom. The minimum absolute atomic E-state index is 0.297. The van der Waals surface area contributed by atoms with Gasteiger partial charge >= 0.3 is 0 Å². The number of aromatic nitrogens is 1. The molecule has 1 heterocycles. The van der Waals surface area contributed by atoms with E-state index in [1.807, 2.05) is 12.1 Å². The van der Waals surface area contributed by atoms with E-state index in [1.165, 1.54) is 6.26 Å². The van der Waals surface area contributed by atoms with E-state index >= 15 is 0 Å². The van der Waals surface area contributed by atoms with E-state index in [-0.39, 0.29) is 0 Å². The number of sulfone groups is 1. The van der Waals surface area contributed by atoms with Crippen LogP contribution < -0.4 is 0 Å². The van der Waals surface area contributed by atoms with Gasteiger partial charge in [0.2, 0.25) is 0 Å². The van der Waals surface area contributed by atoms with Crippen LogP contribution in [0.3, 0.4) is 0 Å². The average Bonchev–Trinajstić information content (AvgIpc) is 2.37. The Morgan fingerprint density at radius 2 is 1.67 bits per heavy atom. The molecule has 0 atom stereocenters. The summed E-state index contributed by atoms with van der Waals surface area (Å²) in [5.41, 5.74) is 1.65. The second-order valence-corrected chi connectivity index (χ2v) is 5.82. The van der Waals surface area contributed by atoms with Gasteiger partial charge in [-0.15, -0.1) is 0 Å². The summed E-state index contributed by atoms with van der Waals surface area (Å²) in [6, 6.07) is 10.1. The minimum atomic E-state index is -3.15. The second-order valence-electron chi connectivity index (χ2n) is 3.80. The molecule has 4 nitrogen and oxygen atoms in total. The molecule has 0 amide bonds. The Kier molecular flexibility index (Phi) is 3.53. The largest absolute Gasteiger partial charge is 0.265 e. The Labute approximate surface area is 106 Å². The topological polar surface area (TPSA) is 59.4 Å². The van der Waals surface area contributed by atoms with Crippen molar-refractivity contribution in [2.45, 2.75) is 4.90 Å². The fraction of sp³-hybridized carbons (Fsp3) is 0.0769. The average molecular weight is 260 g/mol. The van der Waals surface area contributed by atoms with Gasteiger partial charge in [0.05, 0.1) is 10.6 Å². The molecule has 2 aromatic rings. The first-order chi connectivity index (χ1) is 8.55. The van der Waals surface area contributed by atoms with Crippen LogP contribution in [0.4, 0.5) is 5.69 Å². The molecule has 2 rings (SSSR count). The third-order valence-electron chi connectivity index (χ3n) is 2.33. The molecule has 1 aromatic carbocycles. The molecule has 0 spiro atoms. The van der Waals surface area contributed by atoms with E-state index < -0.39 is 9.84 Å². The maximum atomic E-state index is 11.3. The predicted molar refractivity (Wildman–Crippen MR) is 71.0 cm³/mol. The first kappa shape index (κ1) is 12.4. The van der Waals surface area contributed by atoms with Crippen molar-refractivity contribution in [2.24, 2.45) is 4.99 Å². The Bertz CT molecular complexity index is 647. The number of rotatable bonds is 3. The number of hydrogen-bond acceptors (Lipinski definition) is 4. The van der Waals surface area contributed by atoms with Crippen LogP contribution in [0.2, 0.25) is 0 Å². The lowest BCUT2D eigenvalue weighted by molar-refractivity contribution is 0.602. The summed E-state index contributed by atoms with van der Waals surface area (Å²) in [4.78, 5) is 8.46. The molecule has 0 N–H and O–H groups in total. The van der Waals surface area contributed by atoms with Gasteiger partial charge in [-0.05, 0) is 42.0 Å². The molecule has 0 radical (unpaired) electrons. The van der Waals surface area contributed by atoms with Gasteiger partial charge in [-0.1, -0.05) is 0 Å². The number of aliphatic imine (C=N–C) groups is 1. The normalized spacial score (nSPS) is 11.8. The monoisotopic (exact) mass is 260 g/mol. The highest BCUT2D eigenvalue weighted by atomic mass is 32.2. The summed E-state index contributed by atoms with van der Waals surface area (Å²) in [7, 11) is -3.15. The molecule has 1 aromatic heterocycles. The van der Waals surface area contributed by atoms with Gasteiger partial charge in [0.1, 0.15) is 0 Å². The summed E-state index contributed by atoms with van der Waals surface area (Å²) in [6.45, 7) is 0. The van der Waals surface area contributed by atoms with Crippen molar-refractivity contribution in [1.29, 1.82) is 0 Å². The Balaban J connectivity index is 2.19. The van der Waals surface area contributed by atoms with E-state index in [4.69, 9.17) is 0 Å². The number of benzene rings is 1. The Hall–Kier alpha value is -2.01. The molecule has 0 saturated carbocycles. The van der Waals surface area contributed by atoms with Gasteiger partial charge in [0, 0.05) is 24.9 Å². The number of hydrogen-bond donors (Lipinski definition) is 0. The predicted octanol–water partition coefficient (Wildman–Crippen LogP) is 2.24. The van der Waals surface area contributed by atoms with Crippen molar-refractivity contribution in [3.8, 4) is 0 Å². The van der Waals surface area contributed by atoms with Gasteiger partial charge in [-0.2, -0.15) is 0 Å². The molecule has 0 fully saturated rings. The van der Waals surface area contributed by atoms with Crippen molar-refractivity contribution in [3.05, 3.63) is 54.4 Å². The molecular weight excluding hydrogens is 248 g/mol. The maximum absolute atomic E-state index is 11.3. The number of pyridine rings is 1. The highest BCUT2D eigenvalue weighted by Crippen LogP contribution is 2.16. The summed E-state index contributed by atoms with van der Waals surface area (Å²) in [6.07, 6.45) is 6.27. The molecule has 0 aliphatic heterocycles. The standard InChI is InChI=1S/C13H12N2O2S/c1-18(16,17)13-4-2-12(3-5-13)15-10-11-6-8-14-9-7-11/h2-10H,1H3. The molecule has 92 valence electrons. The zero-order valence-electron chi connectivity index (χ0n) is 9.82. The van der Waals surface area contributed by atoms with Crippen LogP contribution in [0.25, 0.3) is 0 Å². The quantitative estimate of drug-likeness (QED) is 0.795. The Morgan fingerprint density at radius 3 is 2.22 bits per heavy atom. The summed E-state index contributed by atoms with van der Waals surface area (Å²) < 4.78 is 22.6. The van der Waals surface area contributed by atoms with E-state index in [1.54, 1.807) is 42.9 Å². The maximum Gasteiger partial charge on any atom is 0.175 e. The van der Waals surface area contributed by atoms with Gasteiger partial charge in [-0.3, -0.25) is 9.98 Å². The molecule has 0 saturated heterocycles. The SMILES string of the molecule is CS(=O)(=O)c1ccc(N=Cc2ccncc2)cc1. The lowest BCUT2D eigenvalue weighted by Gasteiger charge is -1.98. The van der Waals surface area contributed by atoms with Crippen molar-refractivity contribution in [3.63, 3.8) is 0 Å². The molecule has 0 aliphatic rings. The van der Waals surface area contributed by atoms with Crippen LogP contribution in [0.5, 0.6) is 0 Å². The molecule has 0 aliphatic carbocycles. The summed E-state index contributed by atoms with van der Waals surface area (Å²) in [5.74, 6) is 0. The third kappa shape index (κ3) is 3.24. The van der Waals surface area contributed by atoms with Crippen molar-refractivity contribution in [1.82, 2.24) is 4.98 Å². The van der Waals surface area contributed by atoms with Crippen LogP contribution >= 0.6 is 0 Å². The van der Waals surface area contributed by atoms with E-state index in [0.717, 1.165) is 5.56 Å². The van der Waals surface area contributed by atoms with Crippen molar-refractivity contribution >= 4 is 21.7 Å². The zero-order chi connectivity index (χ0) is 13.0. The molecule has 0 unspecified atom stereocenters.